The van der Waals surface area contributed by atoms with E-state index in [1.54, 1.807) is 0 Å². The molecule has 2 rings (SSSR count). The van der Waals surface area contributed by atoms with Crippen LogP contribution in [0.1, 0.15) is 59.8 Å². The van der Waals surface area contributed by atoms with Gasteiger partial charge >= 0.3 is 0 Å². The molecule has 0 radical (unpaired) electrons. The van der Waals surface area contributed by atoms with Crippen molar-refractivity contribution in [1.82, 2.24) is 5.32 Å². The van der Waals surface area contributed by atoms with Gasteiger partial charge in [-0.25, -0.2) is 0 Å². The van der Waals surface area contributed by atoms with Gasteiger partial charge in [-0.05, 0) is 55.4 Å². The van der Waals surface area contributed by atoms with Gasteiger partial charge in [0.2, 0.25) is 0 Å². The topological polar surface area (TPSA) is 32.3 Å². The minimum atomic E-state index is -0.128. The Labute approximate surface area is 106 Å². The molecule has 2 heteroatoms. The van der Waals surface area contributed by atoms with Crippen LogP contribution in [0.2, 0.25) is 0 Å². The highest BCUT2D eigenvalue weighted by Crippen LogP contribution is 2.62. The standard InChI is InChI=1S/C15H29NO/c1-5-12(17)7-9-16-13-14(2,3)11-6-8-15(13,4)10-11/h11-13,16-17H,5-10H2,1-4H3/t11-,12?,13?,15+/m0/s1. The minimum Gasteiger partial charge on any atom is -0.393 e. The van der Waals surface area contributed by atoms with E-state index in [0.29, 0.717) is 16.9 Å². The Kier molecular flexibility index (Phi) is 3.57. The van der Waals surface area contributed by atoms with Crippen LogP contribution in [0.15, 0.2) is 0 Å². The molecule has 2 saturated carbocycles. The molecule has 0 aromatic heterocycles. The highest BCUT2D eigenvalue weighted by atomic mass is 16.3. The molecule has 0 aliphatic heterocycles. The van der Waals surface area contributed by atoms with Crippen LogP contribution in [0.5, 0.6) is 0 Å². The van der Waals surface area contributed by atoms with E-state index < -0.39 is 0 Å². The summed E-state index contributed by atoms with van der Waals surface area (Å²) in [5, 5.41) is 13.4. The summed E-state index contributed by atoms with van der Waals surface area (Å²) in [6, 6.07) is 0.637. The van der Waals surface area contributed by atoms with Gasteiger partial charge < -0.3 is 10.4 Å². The number of aliphatic hydroxyl groups is 1. The molecular formula is C15H29NO. The molecule has 2 aliphatic rings. The number of hydrogen-bond acceptors (Lipinski definition) is 2. The molecule has 0 heterocycles. The first-order chi connectivity index (χ1) is 7.90. The highest BCUT2D eigenvalue weighted by molar-refractivity contribution is 5.11. The van der Waals surface area contributed by atoms with E-state index in [4.69, 9.17) is 0 Å². The summed E-state index contributed by atoms with van der Waals surface area (Å²) < 4.78 is 0. The van der Waals surface area contributed by atoms with Gasteiger partial charge in [0.05, 0.1) is 6.10 Å². The van der Waals surface area contributed by atoms with Crippen LogP contribution >= 0.6 is 0 Å². The van der Waals surface area contributed by atoms with E-state index >= 15 is 0 Å². The molecule has 0 amide bonds. The summed E-state index contributed by atoms with van der Waals surface area (Å²) in [5.41, 5.74) is 0.940. The summed E-state index contributed by atoms with van der Waals surface area (Å²) in [5.74, 6) is 0.904. The summed E-state index contributed by atoms with van der Waals surface area (Å²) in [4.78, 5) is 0. The predicted octanol–water partition coefficient (Wildman–Crippen LogP) is 2.95. The van der Waals surface area contributed by atoms with Crippen LogP contribution in [-0.2, 0) is 0 Å². The number of nitrogens with one attached hydrogen (secondary N) is 1. The van der Waals surface area contributed by atoms with E-state index in [1.165, 1.54) is 19.3 Å². The first-order valence-electron chi connectivity index (χ1n) is 7.31. The molecule has 0 aromatic rings. The maximum Gasteiger partial charge on any atom is 0.0549 e. The summed E-state index contributed by atoms with van der Waals surface area (Å²) in [6.07, 6.45) is 5.83. The smallest absolute Gasteiger partial charge is 0.0549 e. The molecule has 2 aliphatic carbocycles. The van der Waals surface area contributed by atoms with Crippen molar-refractivity contribution in [3.8, 4) is 0 Å². The van der Waals surface area contributed by atoms with Crippen molar-refractivity contribution in [3.05, 3.63) is 0 Å². The zero-order valence-corrected chi connectivity index (χ0v) is 11.9. The van der Waals surface area contributed by atoms with E-state index in [1.807, 2.05) is 6.92 Å². The van der Waals surface area contributed by atoms with Gasteiger partial charge in [0, 0.05) is 6.04 Å². The Hall–Kier alpha value is -0.0800. The van der Waals surface area contributed by atoms with Crippen LogP contribution in [0, 0.1) is 16.7 Å². The second kappa shape index (κ2) is 4.55. The number of hydrogen-bond donors (Lipinski definition) is 2. The van der Waals surface area contributed by atoms with Crippen molar-refractivity contribution in [2.75, 3.05) is 6.54 Å². The number of fused-ring (bicyclic) bond motifs is 2. The largest absolute Gasteiger partial charge is 0.393 e. The molecule has 2 nitrogen and oxygen atoms in total. The van der Waals surface area contributed by atoms with Crippen molar-refractivity contribution < 1.29 is 5.11 Å². The summed E-state index contributed by atoms with van der Waals surface area (Å²) in [6.45, 7) is 10.3. The molecule has 2 bridgehead atoms. The molecule has 4 atom stereocenters. The van der Waals surface area contributed by atoms with Gasteiger partial charge in [0.25, 0.3) is 0 Å². The highest BCUT2D eigenvalue weighted by Gasteiger charge is 2.58. The second-order valence-corrected chi connectivity index (χ2v) is 7.15. The first kappa shape index (κ1) is 13.4. The van der Waals surface area contributed by atoms with Crippen LogP contribution in [0.25, 0.3) is 0 Å². The van der Waals surface area contributed by atoms with E-state index in [2.05, 4.69) is 26.1 Å². The van der Waals surface area contributed by atoms with Crippen molar-refractivity contribution in [3.63, 3.8) is 0 Å². The normalized spacial score (nSPS) is 40.8. The minimum absolute atomic E-state index is 0.128. The third-order valence-electron chi connectivity index (χ3n) is 5.57. The average molecular weight is 239 g/mol. The van der Waals surface area contributed by atoms with Gasteiger partial charge in [-0.2, -0.15) is 0 Å². The van der Waals surface area contributed by atoms with Crippen LogP contribution in [0.4, 0.5) is 0 Å². The Balaban J connectivity index is 1.91. The molecule has 0 aromatic carbocycles. The summed E-state index contributed by atoms with van der Waals surface area (Å²) >= 11 is 0. The van der Waals surface area contributed by atoms with Crippen molar-refractivity contribution >= 4 is 0 Å². The Morgan fingerprint density at radius 1 is 1.35 bits per heavy atom. The van der Waals surface area contributed by atoms with E-state index in [9.17, 15) is 5.11 Å². The zero-order chi connectivity index (χ0) is 12.7. The third-order valence-corrected chi connectivity index (χ3v) is 5.57. The van der Waals surface area contributed by atoms with Crippen LogP contribution < -0.4 is 5.32 Å². The zero-order valence-electron chi connectivity index (χ0n) is 11.9. The lowest BCUT2D eigenvalue weighted by atomic mass is 9.68. The van der Waals surface area contributed by atoms with Crippen LogP contribution in [-0.4, -0.2) is 23.8 Å². The third kappa shape index (κ3) is 2.26. The molecule has 100 valence electrons. The number of rotatable bonds is 5. The van der Waals surface area contributed by atoms with Crippen molar-refractivity contribution in [2.45, 2.75) is 71.9 Å². The van der Waals surface area contributed by atoms with Gasteiger partial charge in [-0.3, -0.25) is 0 Å². The maximum atomic E-state index is 9.62. The first-order valence-corrected chi connectivity index (χ1v) is 7.31. The Morgan fingerprint density at radius 2 is 2.06 bits per heavy atom. The van der Waals surface area contributed by atoms with E-state index in [0.717, 1.165) is 25.3 Å². The molecule has 0 saturated heterocycles. The second-order valence-electron chi connectivity index (χ2n) is 7.15. The lowest BCUT2D eigenvalue weighted by molar-refractivity contribution is 0.0998. The molecule has 2 N–H and O–H groups in total. The van der Waals surface area contributed by atoms with Crippen LogP contribution in [0.3, 0.4) is 0 Å². The quantitative estimate of drug-likeness (QED) is 0.773. The van der Waals surface area contributed by atoms with Crippen molar-refractivity contribution in [1.29, 1.82) is 0 Å². The average Bonchev–Trinajstić information content (AvgIpc) is 2.73. The van der Waals surface area contributed by atoms with Gasteiger partial charge in [0.1, 0.15) is 0 Å². The van der Waals surface area contributed by atoms with Gasteiger partial charge in [-0.15, -0.1) is 0 Å². The molecule has 2 fully saturated rings. The monoisotopic (exact) mass is 239 g/mol. The van der Waals surface area contributed by atoms with Crippen molar-refractivity contribution in [2.24, 2.45) is 16.7 Å². The Morgan fingerprint density at radius 3 is 2.59 bits per heavy atom. The maximum absolute atomic E-state index is 9.62. The predicted molar refractivity (Wildman–Crippen MR) is 71.9 cm³/mol. The lowest BCUT2D eigenvalue weighted by Crippen LogP contribution is -2.50. The molecule has 17 heavy (non-hydrogen) atoms. The fourth-order valence-corrected chi connectivity index (χ4v) is 4.41. The van der Waals surface area contributed by atoms with E-state index in [-0.39, 0.29) is 6.10 Å². The molecule has 2 unspecified atom stereocenters. The lowest BCUT2D eigenvalue weighted by Gasteiger charge is -2.43. The fraction of sp³-hybridized carbons (Fsp3) is 1.00. The van der Waals surface area contributed by atoms with Gasteiger partial charge in [-0.1, -0.05) is 27.7 Å². The fourth-order valence-electron chi connectivity index (χ4n) is 4.41. The molecule has 0 spiro atoms. The Bertz CT molecular complexity index is 271. The SMILES string of the molecule is CCC(O)CCNC1C(C)(C)[C@H]2CC[C@]1(C)C2. The summed E-state index contributed by atoms with van der Waals surface area (Å²) in [7, 11) is 0. The van der Waals surface area contributed by atoms with Gasteiger partial charge in [0.15, 0.2) is 0 Å². The molecular weight excluding hydrogens is 210 g/mol. The number of aliphatic hydroxyl groups excluding tert-OH is 1.